The maximum absolute atomic E-state index is 13.6. The minimum absolute atomic E-state index is 0.157. The van der Waals surface area contributed by atoms with Gasteiger partial charge in [0.25, 0.3) is 5.56 Å². The Balaban J connectivity index is 1.73. The highest BCUT2D eigenvalue weighted by Crippen LogP contribution is 2.41. The van der Waals surface area contributed by atoms with Crippen LogP contribution in [-0.4, -0.2) is 35.8 Å². The van der Waals surface area contributed by atoms with Crippen LogP contribution in [-0.2, 0) is 4.79 Å². The molecule has 0 spiro atoms. The largest absolute Gasteiger partial charge is 0.497 e. The van der Waals surface area contributed by atoms with Crippen molar-refractivity contribution in [1.29, 1.82) is 0 Å². The molecule has 8 heteroatoms. The van der Waals surface area contributed by atoms with E-state index in [-0.39, 0.29) is 17.9 Å². The smallest absolute Gasteiger partial charge is 0.258 e. The van der Waals surface area contributed by atoms with Crippen LogP contribution in [0.1, 0.15) is 36.9 Å². The topological polar surface area (TPSA) is 84.0 Å². The van der Waals surface area contributed by atoms with Crippen LogP contribution in [0, 0.1) is 0 Å². The summed E-state index contributed by atoms with van der Waals surface area (Å²) in [5.41, 5.74) is 3.73. The first-order chi connectivity index (χ1) is 17.9. The third-order valence-electron chi connectivity index (χ3n) is 6.61. The molecule has 7 nitrogen and oxygen atoms in total. The monoisotopic (exact) mass is 515 g/mol. The standard InChI is InChI=1S/C29H26ClN3O4/c1-4-26(34)33-24(21-15-19(36-2)13-14-25(21)37-3)16-23(32-33)28-27(17-9-11-18(30)12-10-17)20-7-5-6-8-22(20)31-29(28)35/h5-15,24H,4,16H2,1-3H3,(H,31,35)/t24-/m0/s1. The van der Waals surface area contributed by atoms with Gasteiger partial charge < -0.3 is 14.5 Å². The fraction of sp³-hybridized carbons (Fsp3) is 0.207. The molecule has 0 fully saturated rings. The van der Waals surface area contributed by atoms with E-state index in [1.54, 1.807) is 39.3 Å². The molecule has 1 N–H and O–H groups in total. The zero-order chi connectivity index (χ0) is 26.1. The predicted octanol–water partition coefficient (Wildman–Crippen LogP) is 5.95. The molecule has 2 heterocycles. The van der Waals surface area contributed by atoms with Gasteiger partial charge in [0.05, 0.1) is 31.5 Å². The van der Waals surface area contributed by atoms with Crippen molar-refractivity contribution in [3.63, 3.8) is 0 Å². The molecule has 0 saturated carbocycles. The molecule has 1 aliphatic rings. The molecule has 1 aliphatic heterocycles. The van der Waals surface area contributed by atoms with Gasteiger partial charge in [-0.3, -0.25) is 9.59 Å². The Bertz CT molecular complexity index is 1580. The van der Waals surface area contributed by atoms with E-state index in [4.69, 9.17) is 26.2 Å². The molecule has 5 rings (SSSR count). The van der Waals surface area contributed by atoms with Gasteiger partial charge >= 0.3 is 0 Å². The summed E-state index contributed by atoms with van der Waals surface area (Å²) in [7, 11) is 3.17. The van der Waals surface area contributed by atoms with Crippen LogP contribution >= 0.6 is 11.6 Å². The summed E-state index contributed by atoms with van der Waals surface area (Å²) in [6.45, 7) is 1.79. The molecular formula is C29H26ClN3O4. The number of methoxy groups -OCH3 is 2. The molecule has 0 aliphatic carbocycles. The van der Waals surface area contributed by atoms with Crippen molar-refractivity contribution in [2.75, 3.05) is 14.2 Å². The number of para-hydroxylation sites is 1. The lowest BCUT2D eigenvalue weighted by molar-refractivity contribution is -0.132. The molecule has 0 bridgehead atoms. The number of ether oxygens (including phenoxy) is 2. The number of carbonyl (C=O) groups excluding carboxylic acids is 1. The van der Waals surface area contributed by atoms with Gasteiger partial charge in [0.15, 0.2) is 0 Å². The van der Waals surface area contributed by atoms with Crippen molar-refractivity contribution in [3.05, 3.63) is 93.2 Å². The van der Waals surface area contributed by atoms with E-state index in [0.717, 1.165) is 22.1 Å². The van der Waals surface area contributed by atoms with Crippen LogP contribution in [0.2, 0.25) is 5.02 Å². The maximum Gasteiger partial charge on any atom is 0.258 e. The minimum atomic E-state index is -0.462. The van der Waals surface area contributed by atoms with Gasteiger partial charge in [-0.2, -0.15) is 5.10 Å². The Labute approximate surface area is 219 Å². The third-order valence-corrected chi connectivity index (χ3v) is 6.86. The fourth-order valence-electron chi connectivity index (χ4n) is 4.83. The molecule has 4 aromatic rings. The van der Waals surface area contributed by atoms with E-state index < -0.39 is 6.04 Å². The second-order valence-corrected chi connectivity index (χ2v) is 9.16. The van der Waals surface area contributed by atoms with Crippen molar-refractivity contribution in [2.24, 2.45) is 5.10 Å². The van der Waals surface area contributed by atoms with Crippen LogP contribution in [0.4, 0.5) is 0 Å². The van der Waals surface area contributed by atoms with Gasteiger partial charge in [-0.25, -0.2) is 5.01 Å². The van der Waals surface area contributed by atoms with E-state index in [1.165, 1.54) is 5.01 Å². The maximum atomic E-state index is 13.6. The number of nitrogens with one attached hydrogen (secondary N) is 1. The van der Waals surface area contributed by atoms with E-state index >= 15 is 0 Å². The first kappa shape index (κ1) is 24.6. The second-order valence-electron chi connectivity index (χ2n) is 8.72. The summed E-state index contributed by atoms with van der Waals surface area (Å²) in [5, 5.41) is 7.68. The lowest BCUT2D eigenvalue weighted by Gasteiger charge is -2.23. The van der Waals surface area contributed by atoms with Crippen molar-refractivity contribution >= 4 is 34.1 Å². The predicted molar refractivity (Wildman–Crippen MR) is 146 cm³/mol. The normalized spacial score (nSPS) is 15.1. The second kappa shape index (κ2) is 10.1. The Hall–Kier alpha value is -4.10. The van der Waals surface area contributed by atoms with Gasteiger partial charge in [-0.15, -0.1) is 0 Å². The first-order valence-electron chi connectivity index (χ1n) is 12.0. The summed E-state index contributed by atoms with van der Waals surface area (Å²) < 4.78 is 11.1. The van der Waals surface area contributed by atoms with Crippen molar-refractivity contribution < 1.29 is 14.3 Å². The number of nitrogens with zero attached hydrogens (tertiary/aromatic N) is 2. The number of aromatic amines is 1. The molecule has 37 heavy (non-hydrogen) atoms. The Morgan fingerprint density at radius 2 is 1.81 bits per heavy atom. The van der Waals surface area contributed by atoms with Gasteiger partial charge in [-0.05, 0) is 42.0 Å². The summed E-state index contributed by atoms with van der Waals surface area (Å²) in [4.78, 5) is 29.6. The number of rotatable bonds is 6. The van der Waals surface area contributed by atoms with Crippen LogP contribution in [0.3, 0.4) is 0 Å². The van der Waals surface area contributed by atoms with Crippen LogP contribution in [0.25, 0.3) is 22.0 Å². The summed E-state index contributed by atoms with van der Waals surface area (Å²) in [5.74, 6) is 1.09. The van der Waals surface area contributed by atoms with Crippen LogP contribution in [0.5, 0.6) is 11.5 Å². The van der Waals surface area contributed by atoms with E-state index in [0.29, 0.717) is 39.7 Å². The minimum Gasteiger partial charge on any atom is -0.497 e. The number of hydrogen-bond donors (Lipinski definition) is 1. The third kappa shape index (κ3) is 4.47. The SMILES string of the molecule is CCC(=O)N1N=C(c2c(-c3ccc(Cl)cc3)c3ccccc3[nH]c2=O)C[C@H]1c1cc(OC)ccc1OC. The summed E-state index contributed by atoms with van der Waals surface area (Å²) >= 11 is 6.17. The summed E-state index contributed by atoms with van der Waals surface area (Å²) in [6.07, 6.45) is 0.592. The first-order valence-corrected chi connectivity index (χ1v) is 12.4. The highest BCUT2D eigenvalue weighted by atomic mass is 35.5. The van der Waals surface area contributed by atoms with Crippen molar-refractivity contribution in [3.8, 4) is 22.6 Å². The number of hydrazone groups is 1. The van der Waals surface area contributed by atoms with Crippen LogP contribution < -0.4 is 15.0 Å². The number of carbonyl (C=O) groups is 1. The lowest BCUT2D eigenvalue weighted by atomic mass is 9.90. The van der Waals surface area contributed by atoms with Crippen LogP contribution in [0.15, 0.2) is 76.6 Å². The zero-order valence-corrected chi connectivity index (χ0v) is 21.5. The Morgan fingerprint density at radius 3 is 2.51 bits per heavy atom. The highest BCUT2D eigenvalue weighted by molar-refractivity contribution is 6.30. The highest BCUT2D eigenvalue weighted by Gasteiger charge is 2.36. The molecule has 0 radical (unpaired) electrons. The molecule has 0 saturated heterocycles. The van der Waals surface area contributed by atoms with Gasteiger partial charge in [-0.1, -0.05) is 48.9 Å². The average molecular weight is 516 g/mol. The van der Waals surface area contributed by atoms with Gasteiger partial charge in [0.1, 0.15) is 11.5 Å². The number of fused-ring (bicyclic) bond motifs is 1. The van der Waals surface area contributed by atoms with Crippen molar-refractivity contribution in [2.45, 2.75) is 25.8 Å². The van der Waals surface area contributed by atoms with E-state index in [2.05, 4.69) is 4.98 Å². The number of amides is 1. The molecule has 3 aromatic carbocycles. The lowest BCUT2D eigenvalue weighted by Crippen LogP contribution is -2.26. The Morgan fingerprint density at radius 1 is 1.05 bits per heavy atom. The molecule has 1 amide bonds. The number of aromatic nitrogens is 1. The average Bonchev–Trinajstić information content (AvgIpc) is 3.36. The molecule has 1 aromatic heterocycles. The molecule has 1 atom stereocenters. The molecule has 188 valence electrons. The molecular weight excluding hydrogens is 490 g/mol. The number of benzene rings is 3. The number of H-pyrrole nitrogens is 1. The number of halogens is 1. The quantitative estimate of drug-likeness (QED) is 0.344. The van der Waals surface area contributed by atoms with Gasteiger partial charge in [0.2, 0.25) is 5.91 Å². The number of pyridine rings is 1. The summed E-state index contributed by atoms with van der Waals surface area (Å²) in [6, 6.07) is 20.0. The van der Waals surface area contributed by atoms with Crippen molar-refractivity contribution in [1.82, 2.24) is 9.99 Å². The van der Waals surface area contributed by atoms with E-state index in [1.807, 2.05) is 48.5 Å². The van der Waals surface area contributed by atoms with E-state index in [9.17, 15) is 9.59 Å². The fourth-order valence-corrected chi connectivity index (χ4v) is 4.96. The zero-order valence-electron chi connectivity index (χ0n) is 20.7. The molecule has 0 unspecified atom stereocenters. The number of hydrogen-bond acceptors (Lipinski definition) is 5. The van der Waals surface area contributed by atoms with Gasteiger partial charge in [0, 0.05) is 39.9 Å². The Kier molecular flexibility index (Phi) is 6.72.